The number of aliphatic hydroxyl groups is 1. The molecule has 3 aromatic rings. The van der Waals surface area contributed by atoms with Crippen LogP contribution in [0, 0.1) is 6.92 Å². The fraction of sp³-hybridized carbons (Fsp3) is 0.565. The maximum atomic E-state index is 14.5. The highest BCUT2D eigenvalue weighted by atomic mass is 35.5. The van der Waals surface area contributed by atoms with Crippen LogP contribution in [0.25, 0.3) is 0 Å². The average Bonchev–Trinajstić information content (AvgIpc) is 3.20. The highest BCUT2D eigenvalue weighted by Crippen LogP contribution is 2.48. The molecule has 0 saturated carbocycles. The SMILES string of the molecule is COc1c(Cl)c(OCc2ccccc2)c(Cl)c(C)c1C(=O)O[C@@H]1[C@@H](C)O[C@@H](O[C@H]2[C@H](OCc3ccccc3)[C@@H](OC(C)=O)C(O)O[C@@H]2C)C[C@H]1O[Si](C(C)C)(C(C)C)C(C)C. The summed E-state index contributed by atoms with van der Waals surface area (Å²) in [4.78, 5) is 26.8. The first kappa shape index (κ1) is 48.8. The van der Waals surface area contributed by atoms with Gasteiger partial charge in [-0.25, -0.2) is 4.79 Å². The van der Waals surface area contributed by atoms with Crippen LogP contribution >= 0.6 is 23.2 Å². The summed E-state index contributed by atoms with van der Waals surface area (Å²) in [5.74, 6) is -1.09. The van der Waals surface area contributed by atoms with E-state index in [-0.39, 0.29) is 63.4 Å². The van der Waals surface area contributed by atoms with E-state index in [1.165, 1.54) is 14.0 Å². The molecule has 5 rings (SSSR count). The molecule has 336 valence electrons. The molecule has 1 unspecified atom stereocenters. The average molecular weight is 906 g/mol. The van der Waals surface area contributed by atoms with Crippen LogP contribution in [-0.4, -0.2) is 87.8 Å². The second-order valence-corrected chi connectivity index (χ2v) is 22.9. The molecule has 2 aliphatic rings. The van der Waals surface area contributed by atoms with E-state index in [4.69, 9.17) is 65.5 Å². The van der Waals surface area contributed by atoms with Gasteiger partial charge in [-0.2, -0.15) is 0 Å². The van der Waals surface area contributed by atoms with Crippen LogP contribution in [0.4, 0.5) is 0 Å². The summed E-state index contributed by atoms with van der Waals surface area (Å²) in [5, 5.41) is 11.2. The van der Waals surface area contributed by atoms with Gasteiger partial charge in [0.05, 0.1) is 37.1 Å². The smallest absolute Gasteiger partial charge is 0.342 e. The molecule has 0 spiro atoms. The summed E-state index contributed by atoms with van der Waals surface area (Å²) in [6.07, 6.45) is -8.30. The Kier molecular flexibility index (Phi) is 17.1. The standard InChI is InChI=1S/C46H62Cl2O12Si/c1-25(2)61(26(3)4,27(5)6)60-34-22-35(58-40-30(9)56-46(51)44(57-31(10)49)43(40)54-24-33-20-16-13-17-21-33)55-29(8)39(34)59-45(50)36-28(7)37(47)42(38(48)41(36)52-11)53-23-32-18-14-12-15-19-32/h12-21,25-27,29-30,34-35,39-40,43-44,46,51H,22-24H2,1-11H3/t29-,30-,34-,35+,39-,40-,43+,44-,46?/m1/s1. The zero-order valence-corrected chi connectivity index (χ0v) is 39.5. The van der Waals surface area contributed by atoms with Gasteiger partial charge < -0.3 is 47.4 Å². The number of hydrogen-bond donors (Lipinski definition) is 1. The van der Waals surface area contributed by atoms with Gasteiger partial charge in [-0.3, -0.25) is 4.79 Å². The van der Waals surface area contributed by atoms with Gasteiger partial charge in [0, 0.05) is 13.3 Å². The lowest BCUT2D eigenvalue weighted by molar-refractivity contribution is -0.334. The van der Waals surface area contributed by atoms with E-state index >= 15 is 0 Å². The molecular weight excluding hydrogens is 843 g/mol. The van der Waals surface area contributed by atoms with Crippen LogP contribution in [0.2, 0.25) is 26.7 Å². The minimum absolute atomic E-state index is 0.0334. The van der Waals surface area contributed by atoms with Gasteiger partial charge in [0.25, 0.3) is 0 Å². The predicted molar refractivity (Wildman–Crippen MR) is 235 cm³/mol. The summed E-state index contributed by atoms with van der Waals surface area (Å²) in [7, 11) is -1.22. The molecule has 0 radical (unpaired) electrons. The number of aliphatic hydroxyl groups excluding tert-OH is 1. The maximum Gasteiger partial charge on any atom is 0.342 e. The molecule has 0 aliphatic carbocycles. The number of ether oxygens (including phenoxy) is 8. The predicted octanol–water partition coefficient (Wildman–Crippen LogP) is 9.75. The molecule has 0 aromatic heterocycles. The fourth-order valence-electron chi connectivity index (χ4n) is 8.91. The Morgan fingerprint density at radius 2 is 1.33 bits per heavy atom. The van der Waals surface area contributed by atoms with Crippen molar-refractivity contribution in [1.29, 1.82) is 0 Å². The van der Waals surface area contributed by atoms with Gasteiger partial charge in [0.2, 0.25) is 8.32 Å². The summed E-state index contributed by atoms with van der Waals surface area (Å²) < 4.78 is 56.8. The third-order valence-electron chi connectivity index (χ3n) is 11.7. The van der Waals surface area contributed by atoms with Crippen LogP contribution in [0.3, 0.4) is 0 Å². The zero-order chi connectivity index (χ0) is 44.8. The number of hydrogen-bond acceptors (Lipinski definition) is 12. The molecule has 0 bridgehead atoms. The lowest BCUT2D eigenvalue weighted by Gasteiger charge is -2.50. The number of methoxy groups -OCH3 is 1. The highest BCUT2D eigenvalue weighted by Gasteiger charge is 2.53. The number of benzene rings is 3. The maximum absolute atomic E-state index is 14.5. The first-order valence-corrected chi connectivity index (χ1v) is 23.9. The van der Waals surface area contributed by atoms with Crippen molar-refractivity contribution in [2.45, 2.75) is 161 Å². The van der Waals surface area contributed by atoms with Crippen molar-refractivity contribution in [2.75, 3.05) is 7.11 Å². The Bertz CT molecular complexity index is 1890. The Hall–Kier alpha value is -3.24. The van der Waals surface area contributed by atoms with E-state index in [1.807, 2.05) is 60.7 Å². The molecular formula is C46H62Cl2O12Si. The first-order chi connectivity index (χ1) is 28.9. The van der Waals surface area contributed by atoms with Gasteiger partial charge in [-0.05, 0) is 54.1 Å². The number of rotatable bonds is 17. The summed E-state index contributed by atoms with van der Waals surface area (Å²) in [5.41, 5.74) is 2.77. The van der Waals surface area contributed by atoms with E-state index in [0.29, 0.717) is 5.56 Å². The van der Waals surface area contributed by atoms with Crippen molar-refractivity contribution < 1.29 is 57.0 Å². The topological polar surface area (TPSA) is 137 Å². The molecule has 2 heterocycles. The molecule has 2 saturated heterocycles. The van der Waals surface area contributed by atoms with Crippen molar-refractivity contribution in [1.82, 2.24) is 0 Å². The quantitative estimate of drug-likeness (QED) is 0.102. The van der Waals surface area contributed by atoms with E-state index < -0.39 is 75.6 Å². The normalized spacial score (nSPS) is 25.8. The van der Waals surface area contributed by atoms with Gasteiger partial charge in [-0.15, -0.1) is 0 Å². The lowest BCUT2D eigenvalue weighted by Crippen LogP contribution is -2.62. The minimum Gasteiger partial charge on any atom is -0.494 e. The van der Waals surface area contributed by atoms with Gasteiger partial charge in [-0.1, -0.05) is 125 Å². The van der Waals surface area contributed by atoms with E-state index in [9.17, 15) is 14.7 Å². The molecule has 9 atom stereocenters. The Morgan fingerprint density at radius 3 is 1.87 bits per heavy atom. The van der Waals surface area contributed by atoms with Gasteiger partial charge in [0.1, 0.15) is 29.4 Å². The molecule has 0 amide bonds. The Labute approximate surface area is 371 Å². The number of carbonyl (C=O) groups is 2. The third-order valence-corrected chi connectivity index (χ3v) is 18.7. The van der Waals surface area contributed by atoms with Crippen LogP contribution in [0.15, 0.2) is 60.7 Å². The van der Waals surface area contributed by atoms with Gasteiger partial charge in [0.15, 0.2) is 36.3 Å². The number of halogens is 2. The second-order valence-electron chi connectivity index (χ2n) is 16.8. The molecule has 61 heavy (non-hydrogen) atoms. The summed E-state index contributed by atoms with van der Waals surface area (Å²) >= 11 is 13.7. The van der Waals surface area contributed by atoms with Crippen molar-refractivity contribution >= 4 is 43.5 Å². The monoisotopic (exact) mass is 904 g/mol. The second kappa shape index (κ2) is 21.4. The van der Waals surface area contributed by atoms with Crippen molar-refractivity contribution in [3.63, 3.8) is 0 Å². The zero-order valence-electron chi connectivity index (χ0n) is 37.0. The van der Waals surface area contributed by atoms with Crippen LogP contribution in [-0.2, 0) is 50.9 Å². The van der Waals surface area contributed by atoms with Crippen LogP contribution < -0.4 is 9.47 Å². The number of esters is 2. The molecule has 12 nitrogen and oxygen atoms in total. The Balaban J connectivity index is 1.48. The molecule has 1 N–H and O–H groups in total. The van der Waals surface area contributed by atoms with E-state index in [1.54, 1.807) is 20.8 Å². The molecule has 2 aliphatic heterocycles. The van der Waals surface area contributed by atoms with Crippen molar-refractivity contribution in [2.24, 2.45) is 0 Å². The van der Waals surface area contributed by atoms with Gasteiger partial charge >= 0.3 is 11.9 Å². The van der Waals surface area contributed by atoms with Crippen LogP contribution in [0.1, 0.15) is 95.8 Å². The van der Waals surface area contributed by atoms with E-state index in [0.717, 1.165) is 11.1 Å². The third kappa shape index (κ3) is 11.1. The van der Waals surface area contributed by atoms with Crippen molar-refractivity contribution in [3.05, 3.63) is 93.0 Å². The van der Waals surface area contributed by atoms with E-state index in [2.05, 4.69) is 41.5 Å². The fourth-order valence-corrected chi connectivity index (χ4v) is 15.1. The lowest BCUT2D eigenvalue weighted by atomic mass is 9.98. The minimum atomic E-state index is -2.63. The largest absolute Gasteiger partial charge is 0.494 e. The molecule has 2 fully saturated rings. The molecule has 15 heteroatoms. The van der Waals surface area contributed by atoms with Crippen molar-refractivity contribution in [3.8, 4) is 11.5 Å². The summed E-state index contributed by atoms with van der Waals surface area (Å²) in [6, 6.07) is 19.1. The highest BCUT2D eigenvalue weighted by molar-refractivity contribution is 6.77. The Morgan fingerprint density at radius 1 is 0.770 bits per heavy atom. The number of carbonyl (C=O) groups excluding carboxylic acids is 2. The summed E-state index contributed by atoms with van der Waals surface area (Å²) in [6.45, 7) is 19.9. The van der Waals surface area contributed by atoms with Crippen LogP contribution in [0.5, 0.6) is 11.5 Å². The molecule has 3 aromatic carbocycles. The first-order valence-electron chi connectivity index (χ1n) is 21.0.